The van der Waals surface area contributed by atoms with Crippen LogP contribution in [-0.2, 0) is 11.4 Å². The summed E-state index contributed by atoms with van der Waals surface area (Å²) in [6.07, 6.45) is 5.12. The number of hydrogen-bond acceptors (Lipinski definition) is 4. The van der Waals surface area contributed by atoms with Crippen molar-refractivity contribution in [3.8, 4) is 11.5 Å². The molecule has 4 nitrogen and oxygen atoms in total. The van der Waals surface area contributed by atoms with Gasteiger partial charge in [-0.3, -0.25) is 4.79 Å². The molecule has 4 rings (SSSR count). The van der Waals surface area contributed by atoms with Crippen molar-refractivity contribution in [1.82, 2.24) is 0 Å². The number of benzene rings is 4. The van der Waals surface area contributed by atoms with E-state index < -0.39 is 5.97 Å². The van der Waals surface area contributed by atoms with E-state index in [9.17, 15) is 4.79 Å². The molecule has 0 fully saturated rings. The first-order valence-corrected chi connectivity index (χ1v) is 15.9. The molecule has 0 aliphatic heterocycles. The summed E-state index contributed by atoms with van der Waals surface area (Å²) in [5.41, 5.74) is 7.18. The zero-order valence-corrected chi connectivity index (χ0v) is 25.2. The Labute approximate surface area is 254 Å². The van der Waals surface area contributed by atoms with E-state index in [0.29, 0.717) is 13.2 Å². The normalized spacial score (nSPS) is 11.5. The molecule has 218 valence electrons. The molecule has 0 amide bonds. The lowest BCUT2D eigenvalue weighted by Gasteiger charge is -2.17. The highest BCUT2D eigenvalue weighted by atomic mass is 32.2. The molecule has 1 N–H and O–H groups in total. The third kappa shape index (κ3) is 9.85. The van der Waals surface area contributed by atoms with Crippen LogP contribution in [0.2, 0.25) is 0 Å². The van der Waals surface area contributed by atoms with Gasteiger partial charge in [-0.05, 0) is 82.7 Å². The monoisotopic (exact) mass is 580 g/mol. The molecule has 4 aromatic carbocycles. The SMILES string of the molecule is CC/C(=C(/c1ccc(OCCCCCCSCC(=O)O)cc1)c1ccc(OCc2ccccc2)cc1)c1ccccc1. The summed E-state index contributed by atoms with van der Waals surface area (Å²) in [4.78, 5) is 10.6. The van der Waals surface area contributed by atoms with Crippen molar-refractivity contribution in [3.63, 3.8) is 0 Å². The first-order valence-electron chi connectivity index (χ1n) is 14.7. The highest BCUT2D eigenvalue weighted by molar-refractivity contribution is 7.99. The van der Waals surface area contributed by atoms with Crippen LogP contribution in [0.3, 0.4) is 0 Å². The largest absolute Gasteiger partial charge is 0.494 e. The highest BCUT2D eigenvalue weighted by Crippen LogP contribution is 2.35. The summed E-state index contributed by atoms with van der Waals surface area (Å²) < 4.78 is 12.1. The van der Waals surface area contributed by atoms with Gasteiger partial charge < -0.3 is 14.6 Å². The number of thioether (sulfide) groups is 1. The van der Waals surface area contributed by atoms with Gasteiger partial charge in [0.2, 0.25) is 0 Å². The number of ether oxygens (including phenoxy) is 2. The van der Waals surface area contributed by atoms with Crippen LogP contribution < -0.4 is 9.47 Å². The topological polar surface area (TPSA) is 55.8 Å². The standard InChI is InChI=1S/C37H40O4S/c1-2-35(30-15-9-6-10-16-30)37(32-19-23-34(24-20-32)41-27-29-13-7-5-8-14-29)31-17-21-33(22-18-31)40-25-11-3-4-12-26-42-28-36(38)39/h5-10,13-24H,2-4,11-12,25-28H2,1H3,(H,38,39)/b37-35+. The van der Waals surface area contributed by atoms with E-state index in [2.05, 4.69) is 97.9 Å². The third-order valence-electron chi connectivity index (χ3n) is 6.99. The van der Waals surface area contributed by atoms with Crippen LogP contribution in [0.4, 0.5) is 0 Å². The number of carboxylic acid groups (broad SMARTS) is 1. The average molecular weight is 581 g/mol. The zero-order valence-electron chi connectivity index (χ0n) is 24.3. The molecular formula is C37H40O4S. The number of carbonyl (C=O) groups is 1. The Bertz CT molecular complexity index is 1380. The maximum absolute atomic E-state index is 10.6. The summed E-state index contributed by atoms with van der Waals surface area (Å²) in [6, 6.07) is 37.7. The number of rotatable bonds is 17. The fourth-order valence-corrected chi connectivity index (χ4v) is 5.59. The predicted molar refractivity (Wildman–Crippen MR) is 175 cm³/mol. The van der Waals surface area contributed by atoms with Crippen LogP contribution in [-0.4, -0.2) is 29.2 Å². The number of hydrogen-bond donors (Lipinski definition) is 1. The zero-order chi connectivity index (χ0) is 29.4. The Morgan fingerprint density at radius 3 is 1.83 bits per heavy atom. The molecule has 0 radical (unpaired) electrons. The van der Waals surface area contributed by atoms with E-state index in [1.54, 1.807) is 0 Å². The Kier molecular flexibility index (Phi) is 12.6. The summed E-state index contributed by atoms with van der Waals surface area (Å²) >= 11 is 1.49. The lowest BCUT2D eigenvalue weighted by Crippen LogP contribution is -2.00. The second kappa shape index (κ2) is 17.1. The van der Waals surface area contributed by atoms with E-state index in [1.807, 2.05) is 18.2 Å². The van der Waals surface area contributed by atoms with Gasteiger partial charge in [-0.15, -0.1) is 0 Å². The molecule has 0 aliphatic rings. The molecule has 0 atom stereocenters. The van der Waals surface area contributed by atoms with Gasteiger partial charge in [-0.1, -0.05) is 105 Å². The first-order chi connectivity index (χ1) is 20.6. The minimum Gasteiger partial charge on any atom is -0.494 e. The molecule has 0 aliphatic carbocycles. The summed E-state index contributed by atoms with van der Waals surface area (Å²) in [5, 5.41) is 8.71. The fraction of sp³-hybridized carbons (Fsp3) is 0.270. The molecule has 0 saturated carbocycles. The molecule has 0 aromatic heterocycles. The smallest absolute Gasteiger partial charge is 0.313 e. The molecule has 4 aromatic rings. The van der Waals surface area contributed by atoms with Gasteiger partial charge in [0.15, 0.2) is 0 Å². The lowest BCUT2D eigenvalue weighted by atomic mass is 9.88. The quantitative estimate of drug-likeness (QED) is 0.0996. The molecule has 42 heavy (non-hydrogen) atoms. The van der Waals surface area contributed by atoms with Gasteiger partial charge in [-0.2, -0.15) is 11.8 Å². The van der Waals surface area contributed by atoms with Gasteiger partial charge in [-0.25, -0.2) is 0 Å². The fourth-order valence-electron chi connectivity index (χ4n) is 4.87. The van der Waals surface area contributed by atoms with Crippen LogP contribution in [0.25, 0.3) is 11.1 Å². The van der Waals surface area contributed by atoms with Crippen molar-refractivity contribution in [2.24, 2.45) is 0 Å². The predicted octanol–water partition coefficient (Wildman–Crippen LogP) is 9.39. The number of aliphatic carboxylic acids is 1. The summed E-state index contributed by atoms with van der Waals surface area (Å²) in [6.45, 7) is 3.43. The maximum Gasteiger partial charge on any atom is 0.313 e. The lowest BCUT2D eigenvalue weighted by molar-refractivity contribution is -0.133. The second-order valence-corrected chi connectivity index (χ2v) is 11.2. The Morgan fingerprint density at radius 1 is 0.667 bits per heavy atom. The molecule has 0 unspecified atom stereocenters. The van der Waals surface area contributed by atoms with Crippen molar-refractivity contribution in [2.75, 3.05) is 18.1 Å². The van der Waals surface area contributed by atoms with Crippen molar-refractivity contribution in [1.29, 1.82) is 0 Å². The van der Waals surface area contributed by atoms with Crippen LogP contribution in [0.1, 0.15) is 61.3 Å². The van der Waals surface area contributed by atoms with Gasteiger partial charge in [0, 0.05) is 0 Å². The van der Waals surface area contributed by atoms with Crippen LogP contribution in [0, 0.1) is 0 Å². The molecular weight excluding hydrogens is 540 g/mol. The summed E-state index contributed by atoms with van der Waals surface area (Å²) in [5.74, 6) is 2.07. The Morgan fingerprint density at radius 2 is 1.24 bits per heavy atom. The summed E-state index contributed by atoms with van der Waals surface area (Å²) in [7, 11) is 0. The van der Waals surface area contributed by atoms with E-state index in [1.165, 1.54) is 28.5 Å². The van der Waals surface area contributed by atoms with E-state index in [4.69, 9.17) is 14.6 Å². The van der Waals surface area contributed by atoms with Gasteiger partial charge in [0.05, 0.1) is 12.4 Å². The Hall–Kier alpha value is -3.96. The average Bonchev–Trinajstić information content (AvgIpc) is 3.03. The van der Waals surface area contributed by atoms with Gasteiger partial charge in [0.25, 0.3) is 0 Å². The van der Waals surface area contributed by atoms with E-state index in [0.717, 1.165) is 66.0 Å². The van der Waals surface area contributed by atoms with E-state index in [-0.39, 0.29) is 5.75 Å². The second-order valence-electron chi connectivity index (χ2n) is 10.1. The van der Waals surface area contributed by atoms with Gasteiger partial charge >= 0.3 is 5.97 Å². The highest BCUT2D eigenvalue weighted by Gasteiger charge is 2.14. The maximum atomic E-state index is 10.6. The Balaban J connectivity index is 1.42. The van der Waals surface area contributed by atoms with E-state index >= 15 is 0 Å². The molecule has 5 heteroatoms. The molecule has 0 bridgehead atoms. The van der Waals surface area contributed by atoms with Gasteiger partial charge in [0.1, 0.15) is 18.1 Å². The van der Waals surface area contributed by atoms with Crippen molar-refractivity contribution in [3.05, 3.63) is 131 Å². The number of unbranched alkanes of at least 4 members (excludes halogenated alkanes) is 3. The minimum absolute atomic E-state index is 0.190. The third-order valence-corrected chi connectivity index (χ3v) is 8.02. The molecule has 0 saturated heterocycles. The van der Waals surface area contributed by atoms with Crippen LogP contribution in [0.15, 0.2) is 109 Å². The van der Waals surface area contributed by atoms with Crippen molar-refractivity contribution >= 4 is 28.9 Å². The van der Waals surface area contributed by atoms with Crippen molar-refractivity contribution < 1.29 is 19.4 Å². The molecule has 0 heterocycles. The number of carboxylic acids is 1. The molecule has 0 spiro atoms. The minimum atomic E-state index is -0.741. The number of allylic oxidation sites excluding steroid dienone is 1. The first kappa shape index (κ1) is 31.0. The van der Waals surface area contributed by atoms with Crippen LogP contribution >= 0.6 is 11.8 Å². The van der Waals surface area contributed by atoms with Crippen LogP contribution in [0.5, 0.6) is 11.5 Å². The van der Waals surface area contributed by atoms with Crippen molar-refractivity contribution in [2.45, 2.75) is 45.6 Å².